The standard InChI is InChI=1S/C27H37N3O5S2/c1-3-24-6-4-5-17-30(24)37(34,35)26-13-9-23(10-14-26)28-20-27(31)22-7-11-25(12-8-22)36(32,33)29-18-15-21(2)16-19-29/h7-14,21,24,28H,3-6,15-20H2,1-2H3. The van der Waals surface area contributed by atoms with E-state index in [1.807, 2.05) is 6.92 Å². The van der Waals surface area contributed by atoms with E-state index in [4.69, 9.17) is 0 Å². The zero-order valence-electron chi connectivity index (χ0n) is 21.6. The third kappa shape index (κ3) is 6.25. The highest BCUT2D eigenvalue weighted by Crippen LogP contribution is 2.28. The van der Waals surface area contributed by atoms with Gasteiger partial charge in [0.2, 0.25) is 20.0 Å². The number of ketones is 1. The highest BCUT2D eigenvalue weighted by molar-refractivity contribution is 7.89. The summed E-state index contributed by atoms with van der Waals surface area (Å²) in [6.07, 6.45) is 5.32. The Hall–Kier alpha value is -2.27. The van der Waals surface area contributed by atoms with Crippen LogP contribution in [-0.2, 0) is 20.0 Å². The van der Waals surface area contributed by atoms with Crippen molar-refractivity contribution in [2.75, 3.05) is 31.5 Å². The van der Waals surface area contributed by atoms with Crippen LogP contribution in [0.5, 0.6) is 0 Å². The van der Waals surface area contributed by atoms with E-state index in [1.54, 1.807) is 40.7 Å². The lowest BCUT2D eigenvalue weighted by atomic mass is 10.0. The number of anilines is 1. The molecule has 2 aliphatic heterocycles. The largest absolute Gasteiger partial charge is 0.378 e. The summed E-state index contributed by atoms with van der Waals surface area (Å²) in [5.41, 5.74) is 1.05. The van der Waals surface area contributed by atoms with E-state index in [-0.39, 0.29) is 28.2 Å². The van der Waals surface area contributed by atoms with Crippen LogP contribution in [0.4, 0.5) is 5.69 Å². The first-order valence-electron chi connectivity index (χ1n) is 13.1. The van der Waals surface area contributed by atoms with Gasteiger partial charge in [-0.2, -0.15) is 8.61 Å². The molecule has 202 valence electrons. The number of nitrogens with one attached hydrogen (secondary N) is 1. The van der Waals surface area contributed by atoms with Gasteiger partial charge in [-0.05, 0) is 86.6 Å². The van der Waals surface area contributed by atoms with Crippen molar-refractivity contribution in [2.24, 2.45) is 5.92 Å². The number of Topliss-reactive ketones (excluding diaryl/α,β-unsaturated/α-hetero) is 1. The van der Waals surface area contributed by atoms with Gasteiger partial charge in [0.1, 0.15) is 0 Å². The molecule has 0 aromatic heterocycles. The predicted molar refractivity (Wildman–Crippen MR) is 145 cm³/mol. The topological polar surface area (TPSA) is 104 Å². The second-order valence-corrected chi connectivity index (χ2v) is 13.9. The monoisotopic (exact) mass is 547 g/mol. The van der Waals surface area contributed by atoms with Gasteiger partial charge < -0.3 is 5.32 Å². The molecule has 8 nitrogen and oxygen atoms in total. The zero-order valence-corrected chi connectivity index (χ0v) is 23.2. The maximum Gasteiger partial charge on any atom is 0.243 e. The van der Waals surface area contributed by atoms with E-state index < -0.39 is 20.0 Å². The van der Waals surface area contributed by atoms with Gasteiger partial charge in [0.15, 0.2) is 5.78 Å². The second kappa shape index (κ2) is 11.6. The molecule has 0 saturated carbocycles. The molecule has 2 aliphatic rings. The van der Waals surface area contributed by atoms with Crippen LogP contribution in [0.25, 0.3) is 0 Å². The molecule has 1 unspecified atom stereocenters. The van der Waals surface area contributed by atoms with Gasteiger partial charge in [-0.1, -0.05) is 20.3 Å². The molecule has 2 aromatic carbocycles. The first kappa shape index (κ1) is 27.8. The Bertz CT molecular complexity index is 1280. The van der Waals surface area contributed by atoms with Crippen molar-refractivity contribution in [3.8, 4) is 0 Å². The van der Waals surface area contributed by atoms with Gasteiger partial charge in [0.05, 0.1) is 16.3 Å². The van der Waals surface area contributed by atoms with Crippen LogP contribution >= 0.6 is 0 Å². The Labute approximate surface area is 221 Å². The lowest BCUT2D eigenvalue weighted by Crippen LogP contribution is -2.43. The van der Waals surface area contributed by atoms with Gasteiger partial charge in [-0.15, -0.1) is 0 Å². The third-order valence-corrected chi connectivity index (χ3v) is 11.4. The minimum Gasteiger partial charge on any atom is -0.378 e. The number of hydrogen-bond acceptors (Lipinski definition) is 6. The number of piperidine rings is 2. The third-order valence-electron chi connectivity index (χ3n) is 7.52. The minimum atomic E-state index is -3.56. The molecule has 0 aliphatic carbocycles. The number of sulfonamides is 2. The highest BCUT2D eigenvalue weighted by atomic mass is 32.2. The maximum absolute atomic E-state index is 13.1. The van der Waals surface area contributed by atoms with Crippen molar-refractivity contribution in [3.63, 3.8) is 0 Å². The first-order chi connectivity index (χ1) is 17.6. The predicted octanol–water partition coefficient (Wildman–Crippen LogP) is 4.36. The molecule has 2 aromatic rings. The van der Waals surface area contributed by atoms with E-state index in [9.17, 15) is 21.6 Å². The summed E-state index contributed by atoms with van der Waals surface area (Å²) in [7, 11) is -7.11. The van der Waals surface area contributed by atoms with Crippen LogP contribution in [0.3, 0.4) is 0 Å². The van der Waals surface area contributed by atoms with Crippen LogP contribution in [0.15, 0.2) is 58.3 Å². The molecular weight excluding hydrogens is 510 g/mol. The fourth-order valence-electron chi connectivity index (χ4n) is 5.05. The van der Waals surface area contributed by atoms with E-state index in [1.165, 1.54) is 16.4 Å². The summed E-state index contributed by atoms with van der Waals surface area (Å²) < 4.78 is 55.2. The SMILES string of the molecule is CCC1CCCCN1S(=O)(=O)c1ccc(NCC(=O)c2ccc(S(=O)(=O)N3CCC(C)CC3)cc2)cc1. The molecule has 2 fully saturated rings. The summed E-state index contributed by atoms with van der Waals surface area (Å²) in [6.45, 7) is 5.74. The molecular formula is C27H37N3O5S2. The first-order valence-corrected chi connectivity index (χ1v) is 16.0. The summed E-state index contributed by atoms with van der Waals surface area (Å²) in [5.74, 6) is 0.342. The van der Waals surface area contributed by atoms with Crippen molar-refractivity contribution in [1.29, 1.82) is 0 Å². The smallest absolute Gasteiger partial charge is 0.243 e. The molecule has 37 heavy (non-hydrogen) atoms. The van der Waals surface area contributed by atoms with E-state index >= 15 is 0 Å². The minimum absolute atomic E-state index is 0.00619. The van der Waals surface area contributed by atoms with Gasteiger partial charge in [-0.3, -0.25) is 4.79 Å². The zero-order chi connectivity index (χ0) is 26.6. The van der Waals surface area contributed by atoms with Crippen molar-refractivity contribution < 1.29 is 21.6 Å². The van der Waals surface area contributed by atoms with E-state index in [0.29, 0.717) is 36.8 Å². The number of nitrogens with zero attached hydrogens (tertiary/aromatic N) is 2. The maximum atomic E-state index is 13.1. The van der Waals surface area contributed by atoms with Gasteiger partial charge in [0, 0.05) is 36.9 Å². The summed E-state index contributed by atoms with van der Waals surface area (Å²) >= 11 is 0. The van der Waals surface area contributed by atoms with Crippen LogP contribution in [-0.4, -0.2) is 63.5 Å². The molecule has 2 saturated heterocycles. The molecule has 1 atom stereocenters. The Morgan fingerprint density at radius 2 is 1.43 bits per heavy atom. The average molecular weight is 548 g/mol. The van der Waals surface area contributed by atoms with Gasteiger partial charge in [0.25, 0.3) is 0 Å². The molecule has 0 bridgehead atoms. The number of benzene rings is 2. The van der Waals surface area contributed by atoms with Crippen LogP contribution < -0.4 is 5.32 Å². The Kier molecular flexibility index (Phi) is 8.73. The van der Waals surface area contributed by atoms with E-state index in [0.717, 1.165) is 38.5 Å². The number of rotatable bonds is 9. The highest BCUT2D eigenvalue weighted by Gasteiger charge is 2.32. The summed E-state index contributed by atoms with van der Waals surface area (Å²) in [4.78, 5) is 13.1. The number of hydrogen-bond donors (Lipinski definition) is 1. The molecule has 4 rings (SSSR count). The Morgan fingerprint density at radius 3 is 2.05 bits per heavy atom. The van der Waals surface area contributed by atoms with Gasteiger partial charge in [-0.25, -0.2) is 16.8 Å². The summed E-state index contributed by atoms with van der Waals surface area (Å²) in [5, 5.41) is 3.04. The quantitative estimate of drug-likeness (QED) is 0.468. The second-order valence-electron chi connectivity index (χ2n) is 10.1. The fraction of sp³-hybridized carbons (Fsp3) is 0.519. The van der Waals surface area contributed by atoms with Crippen LogP contribution in [0.1, 0.15) is 62.7 Å². The van der Waals surface area contributed by atoms with Crippen molar-refractivity contribution in [1.82, 2.24) is 8.61 Å². The molecule has 0 amide bonds. The van der Waals surface area contributed by atoms with Crippen molar-refractivity contribution in [3.05, 3.63) is 54.1 Å². The number of carbonyl (C=O) groups is 1. The van der Waals surface area contributed by atoms with Crippen LogP contribution in [0.2, 0.25) is 0 Å². The normalized spacial score (nSPS) is 20.5. The molecule has 0 radical (unpaired) electrons. The molecule has 1 N–H and O–H groups in total. The number of carbonyl (C=O) groups excluding carboxylic acids is 1. The van der Waals surface area contributed by atoms with Crippen LogP contribution in [0, 0.1) is 5.92 Å². The summed E-state index contributed by atoms with van der Waals surface area (Å²) in [6, 6.07) is 12.6. The molecule has 10 heteroatoms. The van der Waals surface area contributed by atoms with Crippen molar-refractivity contribution in [2.45, 2.75) is 68.2 Å². The molecule has 0 spiro atoms. The average Bonchev–Trinajstić information content (AvgIpc) is 2.92. The van der Waals surface area contributed by atoms with Gasteiger partial charge >= 0.3 is 0 Å². The van der Waals surface area contributed by atoms with E-state index in [2.05, 4.69) is 12.2 Å². The Balaban J connectivity index is 1.36. The fourth-order valence-corrected chi connectivity index (χ4v) is 8.29. The molecule has 2 heterocycles. The van der Waals surface area contributed by atoms with Crippen molar-refractivity contribution >= 4 is 31.5 Å². The lowest BCUT2D eigenvalue weighted by Gasteiger charge is -2.34. The lowest BCUT2D eigenvalue weighted by molar-refractivity contribution is 0.101. The Morgan fingerprint density at radius 1 is 0.838 bits per heavy atom.